The molecule has 37 heavy (non-hydrogen) atoms. The molecule has 1 aromatic heterocycles. The van der Waals surface area contributed by atoms with Gasteiger partial charge in [-0.05, 0) is 54.1 Å². The van der Waals surface area contributed by atoms with Crippen molar-refractivity contribution >= 4 is 73.7 Å². The van der Waals surface area contributed by atoms with Gasteiger partial charge in [0.1, 0.15) is 5.69 Å². The van der Waals surface area contributed by atoms with Gasteiger partial charge in [-0.25, -0.2) is 4.79 Å². The zero-order valence-corrected chi connectivity index (χ0v) is 23.9. The van der Waals surface area contributed by atoms with E-state index in [0.29, 0.717) is 27.8 Å². The summed E-state index contributed by atoms with van der Waals surface area (Å²) in [5, 5.41) is 10.9. The predicted molar refractivity (Wildman–Crippen MR) is 151 cm³/mol. The van der Waals surface area contributed by atoms with Gasteiger partial charge < -0.3 is 19.3 Å². The average Bonchev–Trinajstić information content (AvgIpc) is 3.24. The summed E-state index contributed by atoms with van der Waals surface area (Å²) in [5.74, 6) is -0.616. The van der Waals surface area contributed by atoms with Gasteiger partial charge in [0.05, 0.1) is 29.3 Å². The monoisotopic (exact) mass is 620 g/mol. The summed E-state index contributed by atoms with van der Waals surface area (Å²) >= 11 is 17.4. The molecule has 3 aromatic carbocycles. The summed E-state index contributed by atoms with van der Waals surface area (Å²) in [5.41, 5.74) is 2.69. The fourth-order valence-electron chi connectivity index (χ4n) is 3.88. The Morgan fingerprint density at radius 2 is 1.76 bits per heavy atom. The maximum Gasteiger partial charge on any atom is 0.354 e. The number of esters is 1. The Kier molecular flexibility index (Phi) is 8.87. The molecular weight excluding hydrogens is 599 g/mol. The molecule has 10 heteroatoms. The van der Waals surface area contributed by atoms with E-state index in [1.807, 2.05) is 41.0 Å². The molecule has 1 amide bonds. The molecule has 0 atom stereocenters. The Morgan fingerprint density at radius 3 is 2.41 bits per heavy atom. The van der Waals surface area contributed by atoms with Gasteiger partial charge in [-0.1, -0.05) is 63.0 Å². The second kappa shape index (κ2) is 11.9. The third-order valence-electron chi connectivity index (χ3n) is 5.79. The minimum absolute atomic E-state index is 0.0990. The van der Waals surface area contributed by atoms with Crippen LogP contribution in [0.2, 0.25) is 10.0 Å². The van der Waals surface area contributed by atoms with Crippen LogP contribution < -0.4 is 0 Å². The first-order valence-electron chi connectivity index (χ1n) is 11.2. The number of carbonyl (C=O) groups is 2. The van der Waals surface area contributed by atoms with Gasteiger partial charge in [-0.2, -0.15) is 0 Å². The fourth-order valence-corrected chi connectivity index (χ4v) is 5.89. The maximum atomic E-state index is 12.7. The number of rotatable bonds is 8. The Hall–Kier alpha value is -2.49. The number of amides is 1. The lowest BCUT2D eigenvalue weighted by molar-refractivity contribution is 0.0589. The molecule has 0 bridgehead atoms. The van der Waals surface area contributed by atoms with Gasteiger partial charge >= 0.3 is 5.97 Å². The lowest BCUT2D eigenvalue weighted by atomic mass is 10.1. The molecule has 0 aliphatic carbocycles. The third kappa shape index (κ3) is 6.16. The molecule has 0 saturated carbocycles. The number of hydrogen-bond acceptors (Lipinski definition) is 5. The number of carbonyl (C=O) groups excluding carboxylic acids is 2. The van der Waals surface area contributed by atoms with Gasteiger partial charge in [-0.15, -0.1) is 0 Å². The largest absolute Gasteiger partial charge is 0.464 e. The predicted octanol–water partition coefficient (Wildman–Crippen LogP) is 6.76. The van der Waals surface area contributed by atoms with Crippen LogP contribution in [0.25, 0.3) is 10.9 Å². The first-order valence-corrected chi connectivity index (χ1v) is 13.6. The quantitative estimate of drug-likeness (QED) is 0.220. The number of methoxy groups -OCH3 is 1. The standard InChI is InChI=1S/C27H23BrCl2N2O4S/c1-31(9-10-33)26(34)17-5-3-16(4-6-17)15-32-24-13-19(37-18-7-8-22(29)23(30)12-18)11-21(28)20(24)14-25(32)27(35)36-2/h3-8,11-14,33H,9-10,15H2,1-2H3. The van der Waals surface area contributed by atoms with E-state index >= 15 is 0 Å². The number of aliphatic hydroxyl groups excluding tert-OH is 1. The molecular formula is C27H23BrCl2N2O4S. The molecule has 4 aromatic rings. The number of aliphatic hydroxyl groups is 1. The second-order valence-corrected chi connectivity index (χ2v) is 11.1. The lowest BCUT2D eigenvalue weighted by Crippen LogP contribution is -2.29. The Labute approximate surface area is 237 Å². The van der Waals surface area contributed by atoms with Crippen molar-refractivity contribution in [2.45, 2.75) is 16.3 Å². The topological polar surface area (TPSA) is 71.8 Å². The van der Waals surface area contributed by atoms with E-state index in [4.69, 9.17) is 33.0 Å². The fraction of sp³-hybridized carbons (Fsp3) is 0.185. The molecule has 0 aliphatic rings. The molecule has 192 valence electrons. The van der Waals surface area contributed by atoms with E-state index in [1.54, 1.807) is 31.3 Å². The molecule has 1 N–H and O–H groups in total. The van der Waals surface area contributed by atoms with Crippen molar-refractivity contribution in [1.29, 1.82) is 0 Å². The lowest BCUT2D eigenvalue weighted by Gasteiger charge is -2.16. The number of aromatic nitrogens is 1. The molecule has 0 saturated heterocycles. The first kappa shape index (κ1) is 27.5. The summed E-state index contributed by atoms with van der Waals surface area (Å²) in [6.07, 6.45) is 0. The van der Waals surface area contributed by atoms with Crippen LogP contribution in [0.4, 0.5) is 0 Å². The Bertz CT molecular complexity index is 1470. The molecule has 0 spiro atoms. The Balaban J connectivity index is 1.71. The molecule has 0 fully saturated rings. The summed E-state index contributed by atoms with van der Waals surface area (Å²) in [7, 11) is 3.00. The SMILES string of the molecule is COC(=O)c1cc2c(Br)cc(Sc3ccc(Cl)c(Cl)c3)cc2n1Cc1ccc(C(=O)N(C)CCO)cc1. The van der Waals surface area contributed by atoms with E-state index in [2.05, 4.69) is 15.9 Å². The van der Waals surface area contributed by atoms with Crippen LogP contribution >= 0.6 is 50.9 Å². The van der Waals surface area contributed by atoms with Crippen LogP contribution in [-0.4, -0.2) is 53.8 Å². The number of benzene rings is 3. The number of likely N-dealkylation sites (N-methyl/N-ethyl adjacent to an activating group) is 1. The van der Waals surface area contributed by atoms with Gasteiger partial charge in [0.25, 0.3) is 5.91 Å². The first-order chi connectivity index (χ1) is 17.7. The highest BCUT2D eigenvalue weighted by Gasteiger charge is 2.19. The van der Waals surface area contributed by atoms with Crippen LogP contribution in [-0.2, 0) is 11.3 Å². The van der Waals surface area contributed by atoms with Crippen molar-refractivity contribution < 1.29 is 19.4 Å². The summed E-state index contributed by atoms with van der Waals surface area (Å²) in [4.78, 5) is 28.5. The minimum Gasteiger partial charge on any atom is -0.464 e. The molecule has 0 unspecified atom stereocenters. The van der Waals surface area contributed by atoms with Crippen molar-refractivity contribution in [3.05, 3.63) is 92.0 Å². The average molecular weight is 622 g/mol. The highest BCUT2D eigenvalue weighted by molar-refractivity contribution is 9.10. The Morgan fingerprint density at radius 1 is 1.03 bits per heavy atom. The van der Waals surface area contributed by atoms with E-state index in [-0.39, 0.29) is 19.1 Å². The number of fused-ring (bicyclic) bond motifs is 1. The summed E-state index contributed by atoms with van der Waals surface area (Å²) < 4.78 is 7.80. The number of nitrogens with zero attached hydrogens (tertiary/aromatic N) is 2. The minimum atomic E-state index is -0.445. The van der Waals surface area contributed by atoms with E-state index in [0.717, 1.165) is 30.7 Å². The van der Waals surface area contributed by atoms with Gasteiger partial charge in [0.15, 0.2) is 0 Å². The van der Waals surface area contributed by atoms with Crippen molar-refractivity contribution in [3.8, 4) is 0 Å². The van der Waals surface area contributed by atoms with Crippen molar-refractivity contribution in [2.75, 3.05) is 27.3 Å². The zero-order valence-electron chi connectivity index (χ0n) is 20.0. The number of ether oxygens (including phenoxy) is 1. The molecule has 6 nitrogen and oxygen atoms in total. The highest BCUT2D eigenvalue weighted by atomic mass is 79.9. The summed E-state index contributed by atoms with van der Waals surface area (Å²) in [6.45, 7) is 0.552. The van der Waals surface area contributed by atoms with Crippen LogP contribution in [0.1, 0.15) is 26.4 Å². The van der Waals surface area contributed by atoms with Crippen molar-refractivity contribution in [2.24, 2.45) is 0 Å². The maximum absolute atomic E-state index is 12.7. The van der Waals surface area contributed by atoms with Crippen LogP contribution in [0.5, 0.6) is 0 Å². The molecule has 0 aliphatic heterocycles. The molecule has 4 rings (SSSR count). The van der Waals surface area contributed by atoms with Crippen LogP contribution in [0.3, 0.4) is 0 Å². The smallest absolute Gasteiger partial charge is 0.354 e. The van der Waals surface area contributed by atoms with Gasteiger partial charge in [0, 0.05) is 45.4 Å². The van der Waals surface area contributed by atoms with E-state index < -0.39 is 5.97 Å². The van der Waals surface area contributed by atoms with Crippen molar-refractivity contribution in [3.63, 3.8) is 0 Å². The third-order valence-corrected chi connectivity index (χ3v) is 8.15. The van der Waals surface area contributed by atoms with Gasteiger partial charge in [-0.3, -0.25) is 4.79 Å². The molecule has 0 radical (unpaired) electrons. The van der Waals surface area contributed by atoms with E-state index in [1.165, 1.54) is 23.8 Å². The number of halogens is 3. The van der Waals surface area contributed by atoms with Crippen LogP contribution in [0, 0.1) is 0 Å². The van der Waals surface area contributed by atoms with E-state index in [9.17, 15) is 9.59 Å². The van der Waals surface area contributed by atoms with Crippen LogP contribution in [0.15, 0.2) is 74.9 Å². The van der Waals surface area contributed by atoms with Gasteiger partial charge in [0.2, 0.25) is 0 Å². The highest BCUT2D eigenvalue weighted by Crippen LogP contribution is 2.38. The summed E-state index contributed by atoms with van der Waals surface area (Å²) in [6, 6.07) is 18.5. The second-order valence-electron chi connectivity index (χ2n) is 8.27. The normalized spacial score (nSPS) is 11.1. The zero-order chi connectivity index (χ0) is 26.7. The molecule has 1 heterocycles. The van der Waals surface area contributed by atoms with Crippen molar-refractivity contribution in [1.82, 2.24) is 9.47 Å². The number of hydrogen-bond donors (Lipinski definition) is 1.